The number of hydrogen-bond acceptors (Lipinski definition) is 3. The lowest BCUT2D eigenvalue weighted by atomic mass is 10.2. The molecule has 2 aromatic heterocycles. The molecule has 5 heteroatoms. The first-order valence-electron chi connectivity index (χ1n) is 7.90. The van der Waals surface area contributed by atoms with Gasteiger partial charge in [0.15, 0.2) is 5.65 Å². The summed E-state index contributed by atoms with van der Waals surface area (Å²) in [5, 5.41) is 6.27. The van der Waals surface area contributed by atoms with Gasteiger partial charge in [0.2, 0.25) is 0 Å². The van der Waals surface area contributed by atoms with Gasteiger partial charge in [0.25, 0.3) is 0 Å². The fourth-order valence-corrected chi connectivity index (χ4v) is 2.81. The smallest absolute Gasteiger partial charge is 0.163 e. The highest BCUT2D eigenvalue weighted by atomic mass is 35.5. The molecule has 0 unspecified atom stereocenters. The topological polar surface area (TPSA) is 39.9 Å². The minimum atomic E-state index is 0.220. The van der Waals surface area contributed by atoms with E-state index >= 15 is 0 Å². The Balaban J connectivity index is 2.03. The summed E-state index contributed by atoms with van der Waals surface area (Å²) in [7, 11) is 0. The molecule has 0 aliphatic heterocycles. The van der Waals surface area contributed by atoms with Crippen molar-refractivity contribution in [1.29, 1.82) is 0 Å². The molecule has 4 nitrogen and oxygen atoms in total. The van der Waals surface area contributed by atoms with Gasteiger partial charge < -0.3 is 4.74 Å². The molecule has 23 heavy (non-hydrogen) atoms. The average Bonchev–Trinajstić information content (AvgIpc) is 2.89. The lowest BCUT2D eigenvalue weighted by Crippen LogP contribution is -2.13. The molecule has 0 aliphatic carbocycles. The van der Waals surface area contributed by atoms with Crippen molar-refractivity contribution in [3.05, 3.63) is 47.2 Å². The third-order valence-electron chi connectivity index (χ3n) is 3.95. The minimum Gasteiger partial charge on any atom is -0.489 e. The summed E-state index contributed by atoms with van der Waals surface area (Å²) in [6, 6.07) is 9.62. The van der Waals surface area contributed by atoms with Crippen LogP contribution < -0.4 is 4.74 Å². The predicted molar refractivity (Wildman–Crippen MR) is 93.6 cm³/mol. The number of benzene rings is 1. The lowest BCUT2D eigenvalue weighted by molar-refractivity contribution is 0.192. The van der Waals surface area contributed by atoms with Crippen molar-refractivity contribution in [3.63, 3.8) is 0 Å². The third-order valence-corrected chi connectivity index (χ3v) is 4.18. The Kier molecular flexibility index (Phi) is 4.53. The van der Waals surface area contributed by atoms with Gasteiger partial charge in [0.05, 0.1) is 23.7 Å². The number of aromatic nitrogens is 3. The maximum atomic E-state index is 6.09. The lowest BCUT2D eigenvalue weighted by Gasteiger charge is -2.15. The number of halogens is 1. The summed E-state index contributed by atoms with van der Waals surface area (Å²) in [4.78, 5) is 4.56. The van der Waals surface area contributed by atoms with E-state index in [1.807, 2.05) is 41.9 Å². The third kappa shape index (κ3) is 3.17. The highest BCUT2D eigenvalue weighted by molar-refractivity contribution is 6.30. The summed E-state index contributed by atoms with van der Waals surface area (Å²) in [6.07, 6.45) is 3.95. The predicted octanol–water partition coefficient (Wildman–Crippen LogP) is 4.95. The molecule has 0 spiro atoms. The molecule has 0 fully saturated rings. The highest BCUT2D eigenvalue weighted by Crippen LogP contribution is 2.26. The Labute approximate surface area is 141 Å². The molecule has 0 atom stereocenters. The number of fused-ring (bicyclic) bond motifs is 1. The molecular weight excluding hydrogens is 310 g/mol. The maximum Gasteiger partial charge on any atom is 0.163 e. The summed E-state index contributed by atoms with van der Waals surface area (Å²) in [5.41, 5.74) is 2.63. The van der Waals surface area contributed by atoms with Crippen LogP contribution in [-0.4, -0.2) is 20.9 Å². The summed E-state index contributed by atoms with van der Waals surface area (Å²) in [5.74, 6) is 0.792. The number of hydrogen-bond donors (Lipinski definition) is 0. The van der Waals surface area contributed by atoms with E-state index in [1.54, 1.807) is 6.20 Å². The van der Waals surface area contributed by atoms with Crippen LogP contribution in [0.2, 0.25) is 5.02 Å². The monoisotopic (exact) mass is 329 g/mol. The van der Waals surface area contributed by atoms with Crippen molar-refractivity contribution in [2.24, 2.45) is 0 Å². The zero-order valence-electron chi connectivity index (χ0n) is 13.6. The molecule has 3 aromatic rings. The molecule has 1 aromatic carbocycles. The van der Waals surface area contributed by atoms with Gasteiger partial charge in [0, 0.05) is 10.4 Å². The molecule has 3 rings (SSSR count). The summed E-state index contributed by atoms with van der Waals surface area (Å²) >= 11 is 6.09. The quantitative estimate of drug-likeness (QED) is 0.665. The van der Waals surface area contributed by atoms with Gasteiger partial charge >= 0.3 is 0 Å². The molecule has 0 bridgehead atoms. The van der Waals surface area contributed by atoms with E-state index in [9.17, 15) is 0 Å². The summed E-state index contributed by atoms with van der Waals surface area (Å²) in [6.45, 7) is 6.23. The zero-order chi connectivity index (χ0) is 16.4. The zero-order valence-corrected chi connectivity index (χ0v) is 14.3. The first-order valence-corrected chi connectivity index (χ1v) is 8.28. The van der Waals surface area contributed by atoms with Gasteiger partial charge in [-0.3, -0.25) is 0 Å². The second kappa shape index (κ2) is 6.59. The van der Waals surface area contributed by atoms with Crippen LogP contribution in [0, 0.1) is 6.92 Å². The SMILES string of the molecule is CCC(CC)Oc1cnc2c(c1)c(C)nn2-c1cccc(Cl)c1. The second-order valence-corrected chi connectivity index (χ2v) is 6.01. The van der Waals surface area contributed by atoms with Crippen LogP contribution >= 0.6 is 11.6 Å². The largest absolute Gasteiger partial charge is 0.489 e. The Morgan fingerprint density at radius 1 is 1.22 bits per heavy atom. The number of pyridine rings is 1. The van der Waals surface area contributed by atoms with Crippen molar-refractivity contribution in [3.8, 4) is 11.4 Å². The van der Waals surface area contributed by atoms with E-state index in [4.69, 9.17) is 16.3 Å². The average molecular weight is 330 g/mol. The first-order chi connectivity index (χ1) is 11.1. The Morgan fingerprint density at radius 2 is 2.00 bits per heavy atom. The van der Waals surface area contributed by atoms with Crippen LogP contribution in [0.1, 0.15) is 32.4 Å². The molecule has 0 amide bonds. The van der Waals surface area contributed by atoms with Crippen LogP contribution in [-0.2, 0) is 0 Å². The van der Waals surface area contributed by atoms with E-state index < -0.39 is 0 Å². The molecule has 120 valence electrons. The molecule has 0 saturated carbocycles. The van der Waals surface area contributed by atoms with Gasteiger partial charge in [-0.1, -0.05) is 31.5 Å². The number of nitrogens with zero attached hydrogens (tertiary/aromatic N) is 3. The number of rotatable bonds is 5. The van der Waals surface area contributed by atoms with E-state index in [0.717, 1.165) is 41.0 Å². The van der Waals surface area contributed by atoms with Gasteiger partial charge in [-0.25, -0.2) is 9.67 Å². The van der Waals surface area contributed by atoms with Crippen molar-refractivity contribution in [2.75, 3.05) is 0 Å². The van der Waals surface area contributed by atoms with Crippen molar-refractivity contribution >= 4 is 22.6 Å². The van der Waals surface area contributed by atoms with Crippen LogP contribution in [0.25, 0.3) is 16.7 Å². The highest BCUT2D eigenvalue weighted by Gasteiger charge is 2.13. The van der Waals surface area contributed by atoms with Crippen LogP contribution in [0.3, 0.4) is 0 Å². The normalized spacial score (nSPS) is 11.3. The molecular formula is C18H20ClN3O. The van der Waals surface area contributed by atoms with E-state index in [1.165, 1.54) is 0 Å². The van der Waals surface area contributed by atoms with E-state index in [2.05, 4.69) is 23.9 Å². The van der Waals surface area contributed by atoms with E-state index in [-0.39, 0.29) is 6.10 Å². The van der Waals surface area contributed by atoms with Crippen molar-refractivity contribution in [2.45, 2.75) is 39.7 Å². The van der Waals surface area contributed by atoms with Crippen LogP contribution in [0.5, 0.6) is 5.75 Å². The number of aryl methyl sites for hydroxylation is 1. The van der Waals surface area contributed by atoms with Crippen LogP contribution in [0.4, 0.5) is 0 Å². The van der Waals surface area contributed by atoms with Crippen molar-refractivity contribution in [1.82, 2.24) is 14.8 Å². The molecule has 0 radical (unpaired) electrons. The van der Waals surface area contributed by atoms with Crippen molar-refractivity contribution < 1.29 is 4.74 Å². The second-order valence-electron chi connectivity index (χ2n) is 5.58. The van der Waals surface area contributed by atoms with Gasteiger partial charge in [0.1, 0.15) is 5.75 Å². The Morgan fingerprint density at radius 3 is 2.70 bits per heavy atom. The standard InChI is InChI=1S/C18H20ClN3O/c1-4-15(5-2)23-16-10-17-12(3)21-22(18(17)20-11-16)14-8-6-7-13(19)9-14/h6-11,15H,4-5H2,1-3H3. The van der Waals surface area contributed by atoms with Gasteiger partial charge in [-0.05, 0) is 44.0 Å². The van der Waals surface area contributed by atoms with Gasteiger partial charge in [-0.2, -0.15) is 5.10 Å². The molecule has 2 heterocycles. The fourth-order valence-electron chi connectivity index (χ4n) is 2.62. The number of ether oxygens (including phenoxy) is 1. The van der Waals surface area contributed by atoms with E-state index in [0.29, 0.717) is 5.02 Å². The minimum absolute atomic E-state index is 0.220. The van der Waals surface area contributed by atoms with Gasteiger partial charge in [-0.15, -0.1) is 0 Å². The first kappa shape index (κ1) is 15.8. The fraction of sp³-hybridized carbons (Fsp3) is 0.333. The molecule has 0 aliphatic rings. The maximum absolute atomic E-state index is 6.09. The molecule has 0 N–H and O–H groups in total. The van der Waals surface area contributed by atoms with Crippen LogP contribution in [0.15, 0.2) is 36.5 Å². The Bertz CT molecular complexity index is 824. The Hall–Kier alpha value is -2.07. The summed E-state index contributed by atoms with van der Waals surface area (Å²) < 4.78 is 7.81. The molecule has 0 saturated heterocycles.